The van der Waals surface area contributed by atoms with E-state index >= 15 is 0 Å². The lowest BCUT2D eigenvalue weighted by molar-refractivity contribution is -0.511. The Morgan fingerprint density at radius 1 is 1.27 bits per heavy atom. The maximum atomic E-state index is 10.6. The first-order valence-electron chi connectivity index (χ1n) is 2.80. The maximum absolute atomic E-state index is 10.6. The largest absolute Gasteiger partial charge is 0.442 e. The van der Waals surface area contributed by atoms with Crippen molar-refractivity contribution in [1.82, 2.24) is 0 Å². The monoisotopic (exact) mass is 174 g/mol. The standard InChI is InChI=1S/C5H7N3O2S/c6-5-1-3-8(4-2-5)11(7,9)10/h1-4,6H,(H2,7,9,10)/p+1. The number of rotatable bonds is 1. The van der Waals surface area contributed by atoms with Gasteiger partial charge in [-0.15, -0.1) is 8.42 Å². The zero-order valence-electron chi connectivity index (χ0n) is 5.64. The van der Waals surface area contributed by atoms with E-state index in [0.29, 0.717) is 5.69 Å². The van der Waals surface area contributed by atoms with E-state index in [-0.39, 0.29) is 0 Å². The highest BCUT2D eigenvalue weighted by atomic mass is 32.2. The molecule has 1 aromatic heterocycles. The summed E-state index contributed by atoms with van der Waals surface area (Å²) >= 11 is 0. The number of anilines is 1. The Hall–Kier alpha value is -1.14. The lowest BCUT2D eigenvalue weighted by atomic mass is 10.4. The number of nitrogens with zero attached hydrogens (tertiary/aromatic N) is 1. The van der Waals surface area contributed by atoms with Gasteiger partial charge in [0.1, 0.15) is 0 Å². The van der Waals surface area contributed by atoms with E-state index < -0.39 is 10.2 Å². The van der Waals surface area contributed by atoms with Crippen molar-refractivity contribution in [2.75, 3.05) is 5.73 Å². The molecule has 4 N–H and O–H groups in total. The third-order valence-electron chi connectivity index (χ3n) is 1.12. The second-order valence-corrected chi connectivity index (χ2v) is 3.46. The number of aromatic nitrogens is 1. The Kier molecular flexibility index (Phi) is 1.79. The van der Waals surface area contributed by atoms with Crippen LogP contribution in [0.4, 0.5) is 5.69 Å². The van der Waals surface area contributed by atoms with E-state index in [1.54, 1.807) is 0 Å². The molecule has 0 bridgehead atoms. The number of hydrogen-bond acceptors (Lipinski definition) is 3. The molecule has 60 valence electrons. The summed E-state index contributed by atoms with van der Waals surface area (Å²) < 4.78 is 22.2. The Bertz CT molecular complexity index is 342. The molecule has 1 aromatic rings. The van der Waals surface area contributed by atoms with Crippen molar-refractivity contribution < 1.29 is 12.4 Å². The summed E-state index contributed by atoms with van der Waals surface area (Å²) in [5.74, 6) is 0. The third-order valence-corrected chi connectivity index (χ3v) is 1.95. The van der Waals surface area contributed by atoms with Crippen LogP contribution in [0, 0.1) is 0 Å². The van der Waals surface area contributed by atoms with Gasteiger partial charge in [-0.05, 0) is 0 Å². The minimum absolute atomic E-state index is 0.491. The van der Waals surface area contributed by atoms with Crippen molar-refractivity contribution in [2.45, 2.75) is 0 Å². The molecule has 0 atom stereocenters. The summed E-state index contributed by atoms with van der Waals surface area (Å²) in [5.41, 5.74) is 5.81. The van der Waals surface area contributed by atoms with E-state index in [1.165, 1.54) is 24.5 Å². The summed E-state index contributed by atoms with van der Waals surface area (Å²) in [5, 5.41) is 4.80. The van der Waals surface area contributed by atoms with Crippen molar-refractivity contribution >= 4 is 15.9 Å². The number of pyridine rings is 1. The van der Waals surface area contributed by atoms with Crippen LogP contribution in [0.1, 0.15) is 0 Å². The maximum Gasteiger partial charge on any atom is 0.442 e. The number of nitrogens with two attached hydrogens (primary N) is 2. The molecule has 0 amide bonds. The predicted octanol–water partition coefficient (Wildman–Crippen LogP) is -1.39. The average Bonchev–Trinajstić information content (AvgIpc) is 1.86. The minimum atomic E-state index is -3.66. The second-order valence-electron chi connectivity index (χ2n) is 2.01. The molecule has 0 aromatic carbocycles. The van der Waals surface area contributed by atoms with Gasteiger partial charge in [0.2, 0.25) is 0 Å². The quantitative estimate of drug-likeness (QED) is 0.513. The van der Waals surface area contributed by atoms with Gasteiger partial charge < -0.3 is 5.73 Å². The molecule has 0 radical (unpaired) electrons. The highest BCUT2D eigenvalue weighted by Crippen LogP contribution is 1.93. The van der Waals surface area contributed by atoms with Gasteiger partial charge in [0.05, 0.1) is 0 Å². The van der Waals surface area contributed by atoms with Gasteiger partial charge in [0, 0.05) is 17.8 Å². The van der Waals surface area contributed by atoms with Gasteiger partial charge in [-0.3, -0.25) is 0 Å². The van der Waals surface area contributed by atoms with E-state index in [0.717, 1.165) is 3.97 Å². The molecule has 0 aliphatic carbocycles. The topological polar surface area (TPSA) is 90.1 Å². The molecule has 0 spiro atoms. The highest BCUT2D eigenvalue weighted by Gasteiger charge is 2.12. The van der Waals surface area contributed by atoms with Gasteiger partial charge in [0.15, 0.2) is 12.4 Å². The van der Waals surface area contributed by atoms with E-state index in [4.69, 9.17) is 10.9 Å². The van der Waals surface area contributed by atoms with Crippen LogP contribution in [0.3, 0.4) is 0 Å². The molecule has 1 heterocycles. The molecule has 1 rings (SSSR count). The fourth-order valence-electron chi connectivity index (χ4n) is 0.594. The molecular formula is C5H8N3O2S+. The molecule has 0 fully saturated rings. The van der Waals surface area contributed by atoms with Crippen LogP contribution in [-0.4, -0.2) is 8.42 Å². The molecule has 0 saturated carbocycles. The van der Waals surface area contributed by atoms with Gasteiger partial charge in [-0.25, -0.2) is 0 Å². The highest BCUT2D eigenvalue weighted by molar-refractivity contribution is 7.82. The van der Waals surface area contributed by atoms with Crippen LogP contribution in [-0.2, 0) is 10.2 Å². The van der Waals surface area contributed by atoms with Crippen LogP contribution in [0.25, 0.3) is 0 Å². The summed E-state index contributed by atoms with van der Waals surface area (Å²) in [7, 11) is -3.66. The number of hydrogen-bond donors (Lipinski definition) is 2. The minimum Gasteiger partial charge on any atom is -0.398 e. The summed E-state index contributed by atoms with van der Waals surface area (Å²) in [6.45, 7) is 0. The molecule has 0 unspecified atom stereocenters. The fraction of sp³-hybridized carbons (Fsp3) is 0. The molecule has 11 heavy (non-hydrogen) atoms. The first-order chi connectivity index (χ1) is 5.00. The molecule has 5 nitrogen and oxygen atoms in total. The van der Waals surface area contributed by atoms with E-state index in [2.05, 4.69) is 0 Å². The third kappa shape index (κ3) is 1.89. The Morgan fingerprint density at radius 2 is 1.73 bits per heavy atom. The normalized spacial score (nSPS) is 11.4. The Balaban J connectivity index is 3.20. The predicted molar refractivity (Wildman–Crippen MR) is 39.6 cm³/mol. The lowest BCUT2D eigenvalue weighted by Crippen LogP contribution is -2.47. The van der Waals surface area contributed by atoms with Gasteiger partial charge >= 0.3 is 10.2 Å². The first-order valence-corrected chi connectivity index (χ1v) is 4.30. The van der Waals surface area contributed by atoms with E-state index in [1.807, 2.05) is 0 Å². The summed E-state index contributed by atoms with van der Waals surface area (Å²) in [6.07, 6.45) is 2.56. The lowest BCUT2D eigenvalue weighted by Gasteiger charge is -1.90. The number of nitrogen functional groups attached to an aromatic ring is 1. The van der Waals surface area contributed by atoms with Crippen LogP contribution < -0.4 is 14.8 Å². The Labute approximate surface area is 64.4 Å². The smallest absolute Gasteiger partial charge is 0.398 e. The van der Waals surface area contributed by atoms with Crippen molar-refractivity contribution in [3.05, 3.63) is 24.5 Å². The van der Waals surface area contributed by atoms with E-state index in [9.17, 15) is 8.42 Å². The molecule has 0 aliphatic heterocycles. The first kappa shape index (κ1) is 7.96. The van der Waals surface area contributed by atoms with Crippen LogP contribution in [0.2, 0.25) is 0 Å². The fourth-order valence-corrected chi connectivity index (χ4v) is 1.05. The SMILES string of the molecule is Nc1cc[n+](S(N)(=O)=O)cc1. The molecule has 0 saturated heterocycles. The molecule has 6 heteroatoms. The van der Waals surface area contributed by atoms with Crippen LogP contribution >= 0.6 is 0 Å². The average molecular weight is 174 g/mol. The van der Waals surface area contributed by atoms with Crippen molar-refractivity contribution in [3.63, 3.8) is 0 Å². The van der Waals surface area contributed by atoms with Crippen LogP contribution in [0.15, 0.2) is 24.5 Å². The van der Waals surface area contributed by atoms with Crippen molar-refractivity contribution in [1.29, 1.82) is 0 Å². The molecular weight excluding hydrogens is 166 g/mol. The Morgan fingerprint density at radius 3 is 2.09 bits per heavy atom. The van der Waals surface area contributed by atoms with Crippen molar-refractivity contribution in [3.8, 4) is 0 Å². The zero-order chi connectivity index (χ0) is 8.48. The van der Waals surface area contributed by atoms with Gasteiger partial charge in [0.25, 0.3) is 0 Å². The summed E-state index contributed by atoms with van der Waals surface area (Å²) in [4.78, 5) is 0. The second kappa shape index (κ2) is 2.48. The van der Waals surface area contributed by atoms with Crippen molar-refractivity contribution in [2.24, 2.45) is 5.14 Å². The molecule has 0 aliphatic rings. The summed E-state index contributed by atoms with van der Waals surface area (Å²) in [6, 6.07) is 2.90. The van der Waals surface area contributed by atoms with Gasteiger partial charge in [-0.2, -0.15) is 5.14 Å². The zero-order valence-corrected chi connectivity index (χ0v) is 6.45. The van der Waals surface area contributed by atoms with Crippen LogP contribution in [0.5, 0.6) is 0 Å². The van der Waals surface area contributed by atoms with Gasteiger partial charge in [-0.1, -0.05) is 3.97 Å².